The zero-order valence-corrected chi connectivity index (χ0v) is 9.98. The summed E-state index contributed by atoms with van der Waals surface area (Å²) < 4.78 is 1.79. The molecule has 1 N–H and O–H groups in total. The van der Waals surface area contributed by atoms with Gasteiger partial charge in [-0.1, -0.05) is 6.07 Å². The number of rotatable bonds is 3. The topological polar surface area (TPSA) is 42.7 Å². The molecule has 0 unspecified atom stereocenters. The second-order valence-electron chi connectivity index (χ2n) is 4.49. The smallest absolute Gasteiger partial charge is 0.145 e. The van der Waals surface area contributed by atoms with E-state index in [9.17, 15) is 0 Å². The van der Waals surface area contributed by atoms with Gasteiger partial charge >= 0.3 is 0 Å². The van der Waals surface area contributed by atoms with Gasteiger partial charge in [-0.2, -0.15) is 5.10 Å². The predicted octanol–water partition coefficient (Wildman–Crippen LogP) is 1.92. The molecule has 2 aromatic rings. The summed E-state index contributed by atoms with van der Waals surface area (Å²) in [6.07, 6.45) is 5.33. The van der Waals surface area contributed by atoms with Crippen molar-refractivity contribution in [3.8, 4) is 0 Å². The van der Waals surface area contributed by atoms with Crippen molar-refractivity contribution in [3.63, 3.8) is 0 Å². The molecule has 4 nitrogen and oxygen atoms in total. The fraction of sp³-hybridized carbons (Fsp3) is 0.385. The number of nitrogens with zero attached hydrogens (tertiary/aromatic N) is 3. The fourth-order valence-corrected chi connectivity index (χ4v) is 2.34. The van der Waals surface area contributed by atoms with E-state index in [0.717, 1.165) is 12.4 Å². The molecular weight excluding hydrogens is 212 g/mol. The van der Waals surface area contributed by atoms with Crippen molar-refractivity contribution >= 4 is 5.69 Å². The van der Waals surface area contributed by atoms with Crippen LogP contribution in [0, 0.1) is 0 Å². The largest absolute Gasteiger partial charge is 0.378 e. The normalized spacial score (nSPS) is 13.7. The summed E-state index contributed by atoms with van der Waals surface area (Å²) in [6, 6.07) is 6.65. The van der Waals surface area contributed by atoms with E-state index in [1.165, 1.54) is 36.1 Å². The third kappa shape index (κ3) is 2.02. The SMILES string of the molecule is Cn1ncnc1CNc1ccc2c(c1)CCC2. The van der Waals surface area contributed by atoms with Gasteiger partial charge in [0.1, 0.15) is 12.2 Å². The third-order valence-electron chi connectivity index (χ3n) is 3.35. The van der Waals surface area contributed by atoms with E-state index < -0.39 is 0 Å². The van der Waals surface area contributed by atoms with Gasteiger partial charge in [0.2, 0.25) is 0 Å². The monoisotopic (exact) mass is 228 g/mol. The number of hydrogen-bond acceptors (Lipinski definition) is 3. The molecule has 3 rings (SSSR count). The number of aryl methyl sites for hydroxylation is 3. The molecule has 0 bridgehead atoms. The third-order valence-corrected chi connectivity index (χ3v) is 3.35. The van der Waals surface area contributed by atoms with E-state index >= 15 is 0 Å². The average Bonchev–Trinajstić information content (AvgIpc) is 2.94. The summed E-state index contributed by atoms with van der Waals surface area (Å²) in [5, 5.41) is 7.45. The fourth-order valence-electron chi connectivity index (χ4n) is 2.34. The van der Waals surface area contributed by atoms with Crippen LogP contribution in [0.25, 0.3) is 0 Å². The highest BCUT2D eigenvalue weighted by molar-refractivity contribution is 5.50. The molecule has 1 aromatic heterocycles. The molecule has 0 radical (unpaired) electrons. The van der Waals surface area contributed by atoms with Crippen molar-refractivity contribution in [1.82, 2.24) is 14.8 Å². The van der Waals surface area contributed by atoms with Crippen LogP contribution in [0.1, 0.15) is 23.4 Å². The van der Waals surface area contributed by atoms with Gasteiger partial charge < -0.3 is 5.32 Å². The molecule has 0 fully saturated rings. The predicted molar refractivity (Wildman–Crippen MR) is 66.8 cm³/mol. The minimum absolute atomic E-state index is 0.718. The Morgan fingerprint density at radius 2 is 2.18 bits per heavy atom. The molecule has 0 saturated carbocycles. The van der Waals surface area contributed by atoms with Crippen molar-refractivity contribution in [2.45, 2.75) is 25.8 Å². The number of fused-ring (bicyclic) bond motifs is 1. The van der Waals surface area contributed by atoms with Crippen LogP contribution >= 0.6 is 0 Å². The number of nitrogens with one attached hydrogen (secondary N) is 1. The zero-order valence-electron chi connectivity index (χ0n) is 9.98. The first-order chi connectivity index (χ1) is 8.33. The molecular formula is C13H16N4. The molecule has 0 amide bonds. The van der Waals surface area contributed by atoms with E-state index in [4.69, 9.17) is 0 Å². The Hall–Kier alpha value is -1.84. The Bertz CT molecular complexity index is 530. The van der Waals surface area contributed by atoms with Gasteiger partial charge in [-0.3, -0.25) is 4.68 Å². The van der Waals surface area contributed by atoms with Crippen LogP contribution in [0.2, 0.25) is 0 Å². The van der Waals surface area contributed by atoms with Gasteiger partial charge in [0.05, 0.1) is 6.54 Å². The van der Waals surface area contributed by atoms with Gasteiger partial charge in [0, 0.05) is 12.7 Å². The molecule has 1 aliphatic rings. The summed E-state index contributed by atoms with van der Waals surface area (Å²) in [5.74, 6) is 0.950. The van der Waals surface area contributed by atoms with E-state index in [0.29, 0.717) is 0 Å². The Morgan fingerprint density at radius 3 is 3.00 bits per heavy atom. The molecule has 88 valence electrons. The number of anilines is 1. The van der Waals surface area contributed by atoms with E-state index in [-0.39, 0.29) is 0 Å². The maximum atomic E-state index is 4.19. The summed E-state index contributed by atoms with van der Waals surface area (Å²) in [5.41, 5.74) is 4.18. The van der Waals surface area contributed by atoms with Crippen LogP contribution in [0.4, 0.5) is 5.69 Å². The first-order valence-corrected chi connectivity index (χ1v) is 6.01. The van der Waals surface area contributed by atoms with Gasteiger partial charge in [0.25, 0.3) is 0 Å². The molecule has 1 aromatic carbocycles. The van der Waals surface area contributed by atoms with Crippen molar-refractivity contribution in [1.29, 1.82) is 0 Å². The zero-order chi connectivity index (χ0) is 11.7. The van der Waals surface area contributed by atoms with E-state index in [2.05, 4.69) is 33.6 Å². The lowest BCUT2D eigenvalue weighted by Gasteiger charge is -2.07. The van der Waals surface area contributed by atoms with E-state index in [1.54, 1.807) is 11.0 Å². The van der Waals surface area contributed by atoms with Crippen LogP contribution in [0.15, 0.2) is 24.5 Å². The van der Waals surface area contributed by atoms with Crippen molar-refractivity contribution < 1.29 is 0 Å². The quantitative estimate of drug-likeness (QED) is 0.872. The molecule has 0 aliphatic heterocycles. The average molecular weight is 228 g/mol. The molecule has 0 atom stereocenters. The summed E-state index contributed by atoms with van der Waals surface area (Å²) >= 11 is 0. The second kappa shape index (κ2) is 4.20. The molecule has 1 heterocycles. The summed E-state index contributed by atoms with van der Waals surface area (Å²) in [6.45, 7) is 0.718. The van der Waals surface area contributed by atoms with Crippen LogP contribution in [-0.2, 0) is 26.4 Å². The highest BCUT2D eigenvalue weighted by Gasteiger charge is 2.10. The Balaban J connectivity index is 1.72. The molecule has 1 aliphatic carbocycles. The Labute approximate surface area is 101 Å². The first-order valence-electron chi connectivity index (χ1n) is 6.01. The Kier molecular flexibility index (Phi) is 2.55. The molecule has 17 heavy (non-hydrogen) atoms. The number of aromatic nitrogens is 3. The highest BCUT2D eigenvalue weighted by atomic mass is 15.3. The lowest BCUT2D eigenvalue weighted by atomic mass is 10.1. The molecule has 0 saturated heterocycles. The van der Waals surface area contributed by atoms with Crippen molar-refractivity contribution in [2.75, 3.05) is 5.32 Å². The Morgan fingerprint density at radius 1 is 1.29 bits per heavy atom. The summed E-state index contributed by atoms with van der Waals surface area (Å²) in [7, 11) is 1.91. The van der Waals surface area contributed by atoms with Gasteiger partial charge in [-0.15, -0.1) is 0 Å². The lowest BCUT2D eigenvalue weighted by molar-refractivity contribution is 0.712. The van der Waals surface area contributed by atoms with Gasteiger partial charge in [-0.05, 0) is 42.5 Å². The minimum atomic E-state index is 0.718. The maximum absolute atomic E-state index is 4.19. The van der Waals surface area contributed by atoms with Gasteiger partial charge in [0.15, 0.2) is 0 Å². The lowest BCUT2D eigenvalue weighted by Crippen LogP contribution is -2.06. The minimum Gasteiger partial charge on any atom is -0.378 e. The van der Waals surface area contributed by atoms with Crippen LogP contribution in [0.5, 0.6) is 0 Å². The van der Waals surface area contributed by atoms with Crippen molar-refractivity contribution in [2.24, 2.45) is 7.05 Å². The van der Waals surface area contributed by atoms with Crippen LogP contribution in [0.3, 0.4) is 0 Å². The van der Waals surface area contributed by atoms with E-state index in [1.807, 2.05) is 7.05 Å². The van der Waals surface area contributed by atoms with Crippen molar-refractivity contribution in [3.05, 3.63) is 41.5 Å². The standard InChI is InChI=1S/C13H16N4/c1-17-13(15-9-16-17)8-14-12-6-5-10-3-2-4-11(10)7-12/h5-7,9,14H,2-4,8H2,1H3. The number of benzene rings is 1. The molecule has 4 heteroatoms. The summed E-state index contributed by atoms with van der Waals surface area (Å²) in [4.78, 5) is 4.19. The van der Waals surface area contributed by atoms with Crippen LogP contribution in [-0.4, -0.2) is 14.8 Å². The molecule has 0 spiro atoms. The second-order valence-corrected chi connectivity index (χ2v) is 4.49. The van der Waals surface area contributed by atoms with Crippen LogP contribution < -0.4 is 5.32 Å². The highest BCUT2D eigenvalue weighted by Crippen LogP contribution is 2.24. The maximum Gasteiger partial charge on any atom is 0.145 e. The first kappa shape index (κ1) is 10.3. The number of hydrogen-bond donors (Lipinski definition) is 1. The van der Waals surface area contributed by atoms with Gasteiger partial charge in [-0.25, -0.2) is 4.98 Å².